The second kappa shape index (κ2) is 7.34. The first-order valence-corrected chi connectivity index (χ1v) is 10.8. The zero-order valence-electron chi connectivity index (χ0n) is 17.4. The van der Waals surface area contributed by atoms with Crippen molar-refractivity contribution in [1.29, 1.82) is 0 Å². The molecule has 1 aliphatic heterocycles. The van der Waals surface area contributed by atoms with Crippen molar-refractivity contribution in [3.05, 3.63) is 101 Å². The standard InChI is InChI=1S/C26H21N3O3/c30-25-21-8-4-5-9-22(21)26(31)29(25)15-20-14-28-13-19(18-10-11-18)12-23(24(28)27-20)32-16-17-6-2-1-3-7-17/h1-9,12-14,18H,10-11,15-16H2. The van der Waals surface area contributed by atoms with Crippen LogP contribution in [-0.4, -0.2) is 26.1 Å². The molecular weight excluding hydrogens is 402 g/mol. The Morgan fingerprint density at radius 1 is 0.906 bits per heavy atom. The van der Waals surface area contributed by atoms with Crippen LogP contribution in [0, 0.1) is 0 Å². The number of amides is 2. The van der Waals surface area contributed by atoms with Crippen molar-refractivity contribution in [2.24, 2.45) is 0 Å². The van der Waals surface area contributed by atoms with Crippen LogP contribution in [0.4, 0.5) is 0 Å². The van der Waals surface area contributed by atoms with E-state index in [9.17, 15) is 9.59 Å². The molecule has 0 atom stereocenters. The number of carbonyl (C=O) groups excluding carboxylic acids is 2. The Hall–Kier alpha value is -3.93. The molecule has 0 N–H and O–H groups in total. The van der Waals surface area contributed by atoms with Gasteiger partial charge in [0.05, 0.1) is 23.4 Å². The molecule has 0 unspecified atom stereocenters. The lowest BCUT2D eigenvalue weighted by Crippen LogP contribution is -2.29. The van der Waals surface area contributed by atoms with E-state index in [1.165, 1.54) is 23.3 Å². The first-order chi connectivity index (χ1) is 15.7. The van der Waals surface area contributed by atoms with Gasteiger partial charge in [0.25, 0.3) is 11.8 Å². The number of rotatable bonds is 6. The van der Waals surface area contributed by atoms with Gasteiger partial charge in [0.1, 0.15) is 6.61 Å². The maximum atomic E-state index is 12.8. The topological polar surface area (TPSA) is 63.9 Å². The second-order valence-corrected chi connectivity index (χ2v) is 8.39. The molecule has 2 aliphatic rings. The maximum absolute atomic E-state index is 12.8. The van der Waals surface area contributed by atoms with E-state index in [-0.39, 0.29) is 18.4 Å². The fourth-order valence-corrected chi connectivity index (χ4v) is 4.24. The zero-order chi connectivity index (χ0) is 21.7. The Bertz CT molecular complexity index is 1320. The summed E-state index contributed by atoms with van der Waals surface area (Å²) in [4.78, 5) is 31.5. The predicted octanol–water partition coefficient (Wildman–Crippen LogP) is 4.59. The highest BCUT2D eigenvalue weighted by molar-refractivity contribution is 6.21. The van der Waals surface area contributed by atoms with Crippen LogP contribution in [0.1, 0.15) is 56.3 Å². The van der Waals surface area contributed by atoms with E-state index in [0.29, 0.717) is 40.7 Å². The fraction of sp³-hybridized carbons (Fsp3) is 0.192. The number of imidazole rings is 1. The summed E-state index contributed by atoms with van der Waals surface area (Å²) in [6.07, 6.45) is 6.34. The molecule has 6 rings (SSSR count). The van der Waals surface area contributed by atoms with Crippen LogP contribution in [0.15, 0.2) is 73.1 Å². The van der Waals surface area contributed by atoms with Gasteiger partial charge in [0.2, 0.25) is 0 Å². The Labute approximate surface area is 185 Å². The molecule has 32 heavy (non-hydrogen) atoms. The molecule has 0 spiro atoms. The number of fused-ring (bicyclic) bond motifs is 2. The van der Waals surface area contributed by atoms with Crippen LogP contribution >= 0.6 is 0 Å². The summed E-state index contributed by atoms with van der Waals surface area (Å²) >= 11 is 0. The van der Waals surface area contributed by atoms with Crippen molar-refractivity contribution in [3.63, 3.8) is 0 Å². The second-order valence-electron chi connectivity index (χ2n) is 8.39. The van der Waals surface area contributed by atoms with E-state index in [2.05, 4.69) is 12.3 Å². The number of aromatic nitrogens is 2. The molecule has 0 saturated heterocycles. The van der Waals surface area contributed by atoms with Crippen LogP contribution in [0.2, 0.25) is 0 Å². The van der Waals surface area contributed by atoms with E-state index >= 15 is 0 Å². The minimum Gasteiger partial charge on any atom is -0.485 e. The molecule has 1 aliphatic carbocycles. The number of nitrogens with zero attached hydrogens (tertiary/aromatic N) is 3. The highest BCUT2D eigenvalue weighted by Gasteiger charge is 2.35. The number of benzene rings is 2. The van der Waals surface area contributed by atoms with E-state index in [1.54, 1.807) is 24.3 Å². The minimum atomic E-state index is -0.276. The van der Waals surface area contributed by atoms with Crippen molar-refractivity contribution in [1.82, 2.24) is 14.3 Å². The molecule has 3 heterocycles. The summed E-state index contributed by atoms with van der Waals surface area (Å²) in [6.45, 7) is 0.579. The molecule has 0 bridgehead atoms. The largest absolute Gasteiger partial charge is 0.485 e. The molecule has 2 aromatic heterocycles. The van der Waals surface area contributed by atoms with Crippen LogP contribution in [0.3, 0.4) is 0 Å². The summed E-state index contributed by atoms with van der Waals surface area (Å²) in [6, 6.07) is 19.0. The Morgan fingerprint density at radius 2 is 1.59 bits per heavy atom. The van der Waals surface area contributed by atoms with Crippen molar-refractivity contribution in [3.8, 4) is 5.75 Å². The Morgan fingerprint density at radius 3 is 2.28 bits per heavy atom. The molecule has 1 saturated carbocycles. The predicted molar refractivity (Wildman–Crippen MR) is 119 cm³/mol. The van der Waals surface area contributed by atoms with Crippen LogP contribution in [0.25, 0.3) is 5.65 Å². The lowest BCUT2D eigenvalue weighted by molar-refractivity contribution is 0.0640. The van der Waals surface area contributed by atoms with Crippen LogP contribution in [0.5, 0.6) is 5.75 Å². The van der Waals surface area contributed by atoms with Crippen molar-refractivity contribution in [2.75, 3.05) is 0 Å². The summed E-state index contributed by atoms with van der Waals surface area (Å²) < 4.78 is 8.13. The highest BCUT2D eigenvalue weighted by atomic mass is 16.5. The SMILES string of the molecule is O=C1c2ccccc2C(=O)N1Cc1cn2cc(C3CC3)cc(OCc3ccccc3)c2n1. The van der Waals surface area contributed by atoms with E-state index in [4.69, 9.17) is 9.72 Å². The molecule has 1 fully saturated rings. The van der Waals surface area contributed by atoms with Gasteiger partial charge < -0.3 is 9.14 Å². The van der Waals surface area contributed by atoms with Gasteiger partial charge in [-0.25, -0.2) is 4.98 Å². The molecule has 6 nitrogen and oxygen atoms in total. The average molecular weight is 423 g/mol. The number of hydrogen-bond acceptors (Lipinski definition) is 4. The van der Waals surface area contributed by atoms with Gasteiger partial charge in [-0.1, -0.05) is 42.5 Å². The third kappa shape index (κ3) is 3.24. The Kier molecular flexibility index (Phi) is 4.31. The van der Waals surface area contributed by atoms with Gasteiger partial charge in [-0.3, -0.25) is 14.5 Å². The number of carbonyl (C=O) groups is 2. The van der Waals surface area contributed by atoms with Gasteiger partial charge in [-0.2, -0.15) is 0 Å². The highest BCUT2D eigenvalue weighted by Crippen LogP contribution is 2.42. The number of imide groups is 1. The molecule has 158 valence electrons. The number of hydrogen-bond donors (Lipinski definition) is 0. The first-order valence-electron chi connectivity index (χ1n) is 10.8. The summed E-state index contributed by atoms with van der Waals surface area (Å²) in [7, 11) is 0. The van der Waals surface area contributed by atoms with E-state index in [1.807, 2.05) is 40.9 Å². The minimum absolute atomic E-state index is 0.130. The van der Waals surface area contributed by atoms with E-state index < -0.39 is 0 Å². The maximum Gasteiger partial charge on any atom is 0.261 e. The van der Waals surface area contributed by atoms with Gasteiger partial charge in [0.15, 0.2) is 11.4 Å². The lowest BCUT2D eigenvalue weighted by Gasteiger charge is -2.11. The normalized spacial score (nSPS) is 15.4. The smallest absolute Gasteiger partial charge is 0.261 e. The third-order valence-electron chi connectivity index (χ3n) is 6.07. The van der Waals surface area contributed by atoms with Gasteiger partial charge in [0, 0.05) is 12.4 Å². The molecule has 2 amide bonds. The van der Waals surface area contributed by atoms with Gasteiger partial charge >= 0.3 is 0 Å². The molecule has 4 aromatic rings. The van der Waals surface area contributed by atoms with Crippen molar-refractivity contribution < 1.29 is 14.3 Å². The van der Waals surface area contributed by atoms with Gasteiger partial charge in [-0.05, 0) is 48.1 Å². The van der Waals surface area contributed by atoms with Gasteiger partial charge in [-0.15, -0.1) is 0 Å². The summed E-state index contributed by atoms with van der Waals surface area (Å²) in [5, 5.41) is 0. The first kappa shape index (κ1) is 18.8. The fourth-order valence-electron chi connectivity index (χ4n) is 4.24. The third-order valence-corrected chi connectivity index (χ3v) is 6.07. The molecular formula is C26H21N3O3. The Balaban J connectivity index is 1.32. The average Bonchev–Trinajstić information content (AvgIpc) is 3.55. The van der Waals surface area contributed by atoms with Crippen LogP contribution < -0.4 is 4.74 Å². The molecule has 2 aromatic carbocycles. The summed E-state index contributed by atoms with van der Waals surface area (Å²) in [5.41, 5.74) is 4.55. The molecule has 6 heteroatoms. The number of ether oxygens (including phenoxy) is 1. The quantitative estimate of drug-likeness (QED) is 0.426. The molecule has 0 radical (unpaired) electrons. The van der Waals surface area contributed by atoms with Crippen molar-refractivity contribution in [2.45, 2.75) is 31.9 Å². The monoisotopic (exact) mass is 423 g/mol. The van der Waals surface area contributed by atoms with Crippen molar-refractivity contribution >= 4 is 17.5 Å². The zero-order valence-corrected chi connectivity index (χ0v) is 17.4. The summed E-state index contributed by atoms with van der Waals surface area (Å²) in [5.74, 6) is 0.719. The van der Waals surface area contributed by atoms with E-state index in [0.717, 1.165) is 5.56 Å². The number of pyridine rings is 1. The van der Waals surface area contributed by atoms with Crippen LogP contribution in [-0.2, 0) is 13.2 Å². The lowest BCUT2D eigenvalue weighted by atomic mass is 10.1.